The Balaban J connectivity index is 2.04. The predicted octanol–water partition coefficient (Wildman–Crippen LogP) is 3.45. The van der Waals surface area contributed by atoms with Gasteiger partial charge in [0.05, 0.1) is 14.2 Å². The Morgan fingerprint density at radius 2 is 1.85 bits per heavy atom. The Labute approximate surface area is 157 Å². The minimum absolute atomic E-state index is 0.0814. The monoisotopic (exact) mass is 367 g/mol. The number of methoxy groups -OCH3 is 2. The number of benzene rings is 2. The quantitative estimate of drug-likeness (QED) is 0.816. The Morgan fingerprint density at radius 1 is 1.07 bits per heavy atom. The van der Waals surface area contributed by atoms with Crippen molar-refractivity contribution in [2.75, 3.05) is 19.5 Å². The lowest BCUT2D eigenvalue weighted by Crippen LogP contribution is -2.14. The first kappa shape index (κ1) is 18.5. The maximum atomic E-state index is 12.5. The maximum absolute atomic E-state index is 12.5. The van der Waals surface area contributed by atoms with Gasteiger partial charge < -0.3 is 19.5 Å². The van der Waals surface area contributed by atoms with Crippen LogP contribution in [0.25, 0.3) is 0 Å². The number of ether oxygens (including phenoxy) is 3. The fourth-order valence-electron chi connectivity index (χ4n) is 2.91. The van der Waals surface area contributed by atoms with Crippen molar-refractivity contribution in [1.29, 1.82) is 0 Å². The van der Waals surface area contributed by atoms with Crippen LogP contribution < -0.4 is 10.1 Å². The number of nitrogens with one attached hydrogen (secondary N) is 1. The highest BCUT2D eigenvalue weighted by atomic mass is 16.6. The largest absolute Gasteiger partial charge is 0.497 e. The van der Waals surface area contributed by atoms with Crippen molar-refractivity contribution in [2.24, 2.45) is 0 Å². The summed E-state index contributed by atoms with van der Waals surface area (Å²) in [7, 11) is 2.82. The molecule has 0 radical (unpaired) electrons. The van der Waals surface area contributed by atoms with Gasteiger partial charge in [0.15, 0.2) is 6.10 Å². The van der Waals surface area contributed by atoms with Gasteiger partial charge in [0.25, 0.3) is 0 Å². The van der Waals surface area contributed by atoms with E-state index < -0.39 is 18.0 Å². The lowest BCUT2D eigenvalue weighted by molar-refractivity contribution is -0.141. The molecule has 0 bridgehead atoms. The molecule has 2 aromatic carbocycles. The summed E-state index contributed by atoms with van der Waals surface area (Å²) in [6.07, 6.45) is -0.867. The van der Waals surface area contributed by atoms with Crippen LogP contribution in [-0.2, 0) is 19.1 Å². The number of hydrogen-bond donors (Lipinski definition) is 1. The standard InChI is InChI=1S/C21H21NO5/c1-12-8-9-15(10-13(12)2)22-18-17(20(23)26-4)19(27-21(18)24)14-6-5-7-16(11-14)25-3/h5-11,19,22H,1-4H3. The van der Waals surface area contributed by atoms with Crippen molar-refractivity contribution in [2.45, 2.75) is 20.0 Å². The smallest absolute Gasteiger partial charge is 0.356 e. The van der Waals surface area contributed by atoms with Crippen LogP contribution in [0.3, 0.4) is 0 Å². The number of hydrogen-bond acceptors (Lipinski definition) is 6. The second-order valence-corrected chi connectivity index (χ2v) is 6.27. The molecule has 0 spiro atoms. The summed E-state index contributed by atoms with van der Waals surface area (Å²) >= 11 is 0. The third-order valence-electron chi connectivity index (χ3n) is 4.54. The molecular formula is C21H21NO5. The number of carbonyl (C=O) groups is 2. The van der Waals surface area contributed by atoms with Gasteiger partial charge in [-0.3, -0.25) is 0 Å². The highest BCUT2D eigenvalue weighted by Gasteiger charge is 2.40. The molecule has 1 heterocycles. The van der Waals surface area contributed by atoms with Crippen LogP contribution in [0.4, 0.5) is 5.69 Å². The van der Waals surface area contributed by atoms with E-state index in [1.807, 2.05) is 32.0 Å². The van der Waals surface area contributed by atoms with Gasteiger partial charge in [-0.1, -0.05) is 18.2 Å². The Kier molecular flexibility index (Phi) is 5.16. The van der Waals surface area contributed by atoms with Crippen LogP contribution in [0.2, 0.25) is 0 Å². The molecule has 0 aliphatic carbocycles. The van der Waals surface area contributed by atoms with E-state index in [0.717, 1.165) is 11.1 Å². The van der Waals surface area contributed by atoms with Crippen molar-refractivity contribution in [3.05, 3.63) is 70.4 Å². The van der Waals surface area contributed by atoms with Crippen LogP contribution in [0, 0.1) is 13.8 Å². The molecule has 1 atom stereocenters. The zero-order chi connectivity index (χ0) is 19.6. The van der Waals surface area contributed by atoms with Crippen LogP contribution in [0.15, 0.2) is 53.7 Å². The molecule has 140 valence electrons. The predicted molar refractivity (Wildman–Crippen MR) is 100 cm³/mol. The van der Waals surface area contributed by atoms with E-state index in [1.165, 1.54) is 7.11 Å². The van der Waals surface area contributed by atoms with Crippen LogP contribution in [0.1, 0.15) is 22.8 Å². The van der Waals surface area contributed by atoms with Crippen molar-refractivity contribution < 1.29 is 23.8 Å². The highest BCUT2D eigenvalue weighted by Crippen LogP contribution is 2.37. The Hall–Kier alpha value is -3.28. The maximum Gasteiger partial charge on any atom is 0.356 e. The molecule has 1 aliphatic rings. The Morgan fingerprint density at radius 3 is 2.52 bits per heavy atom. The average Bonchev–Trinajstić information content (AvgIpc) is 3.00. The zero-order valence-electron chi connectivity index (χ0n) is 15.7. The number of anilines is 1. The summed E-state index contributed by atoms with van der Waals surface area (Å²) in [4.78, 5) is 25.0. The van der Waals surface area contributed by atoms with Crippen LogP contribution >= 0.6 is 0 Å². The molecule has 27 heavy (non-hydrogen) atoms. The topological polar surface area (TPSA) is 73.9 Å². The van der Waals surface area contributed by atoms with Gasteiger partial charge in [0.1, 0.15) is 17.0 Å². The van der Waals surface area contributed by atoms with E-state index in [2.05, 4.69) is 5.32 Å². The van der Waals surface area contributed by atoms with Gasteiger partial charge in [0.2, 0.25) is 0 Å². The van der Waals surface area contributed by atoms with E-state index in [9.17, 15) is 9.59 Å². The summed E-state index contributed by atoms with van der Waals surface area (Å²) in [5.41, 5.74) is 3.73. The lowest BCUT2D eigenvalue weighted by atomic mass is 10.0. The molecule has 2 aromatic rings. The molecule has 0 aromatic heterocycles. The third-order valence-corrected chi connectivity index (χ3v) is 4.54. The summed E-state index contributed by atoms with van der Waals surface area (Å²) < 4.78 is 15.6. The van der Waals surface area contributed by atoms with Gasteiger partial charge in [-0.2, -0.15) is 0 Å². The Bertz CT molecular complexity index is 932. The molecular weight excluding hydrogens is 346 g/mol. The molecule has 0 amide bonds. The fourth-order valence-corrected chi connectivity index (χ4v) is 2.91. The van der Waals surface area contributed by atoms with E-state index in [1.54, 1.807) is 31.4 Å². The number of carbonyl (C=O) groups excluding carboxylic acids is 2. The SMILES string of the molecule is COC(=O)C1=C(Nc2ccc(C)c(C)c2)C(=O)OC1c1cccc(OC)c1. The lowest BCUT2D eigenvalue weighted by Gasteiger charge is -2.14. The second kappa shape index (κ2) is 7.53. The minimum Gasteiger partial charge on any atom is -0.497 e. The summed E-state index contributed by atoms with van der Waals surface area (Å²) in [6.45, 7) is 3.98. The molecule has 0 saturated heterocycles. The number of cyclic esters (lactones) is 1. The van der Waals surface area contributed by atoms with Crippen molar-refractivity contribution >= 4 is 17.6 Å². The number of esters is 2. The van der Waals surface area contributed by atoms with E-state index >= 15 is 0 Å². The first-order valence-corrected chi connectivity index (χ1v) is 8.46. The molecule has 0 fully saturated rings. The first-order valence-electron chi connectivity index (χ1n) is 8.46. The van der Waals surface area contributed by atoms with Crippen molar-refractivity contribution in [3.63, 3.8) is 0 Å². The van der Waals surface area contributed by atoms with Gasteiger partial charge in [0, 0.05) is 11.3 Å². The molecule has 1 N–H and O–H groups in total. The second-order valence-electron chi connectivity index (χ2n) is 6.27. The van der Waals surface area contributed by atoms with Gasteiger partial charge in [-0.05, 0) is 49.2 Å². The summed E-state index contributed by atoms with van der Waals surface area (Å²) in [5.74, 6) is -0.634. The van der Waals surface area contributed by atoms with Gasteiger partial charge in [-0.25, -0.2) is 9.59 Å². The molecule has 6 heteroatoms. The summed E-state index contributed by atoms with van der Waals surface area (Å²) in [6, 6.07) is 12.7. The van der Waals surface area contributed by atoms with Gasteiger partial charge in [-0.15, -0.1) is 0 Å². The van der Waals surface area contributed by atoms with E-state index in [4.69, 9.17) is 14.2 Å². The van der Waals surface area contributed by atoms with Crippen LogP contribution in [0.5, 0.6) is 5.75 Å². The zero-order valence-corrected chi connectivity index (χ0v) is 15.7. The van der Waals surface area contributed by atoms with Gasteiger partial charge >= 0.3 is 11.9 Å². The fraction of sp³-hybridized carbons (Fsp3) is 0.238. The highest BCUT2D eigenvalue weighted by molar-refractivity contribution is 6.06. The average molecular weight is 367 g/mol. The van der Waals surface area contributed by atoms with Crippen molar-refractivity contribution in [1.82, 2.24) is 0 Å². The summed E-state index contributed by atoms with van der Waals surface area (Å²) in [5, 5.41) is 3.03. The number of aryl methyl sites for hydroxylation is 2. The molecule has 6 nitrogen and oxygen atoms in total. The number of rotatable bonds is 5. The third kappa shape index (κ3) is 3.65. The first-order chi connectivity index (χ1) is 12.9. The van der Waals surface area contributed by atoms with Crippen molar-refractivity contribution in [3.8, 4) is 5.75 Å². The molecule has 3 rings (SSSR count). The minimum atomic E-state index is -0.867. The van der Waals surface area contributed by atoms with E-state index in [-0.39, 0.29) is 11.3 Å². The normalized spacial score (nSPS) is 16.1. The molecule has 1 unspecified atom stereocenters. The molecule has 0 saturated carbocycles. The molecule has 1 aliphatic heterocycles. The van der Waals surface area contributed by atoms with Crippen LogP contribution in [-0.4, -0.2) is 26.2 Å². The van der Waals surface area contributed by atoms with E-state index in [0.29, 0.717) is 17.0 Å².